The molecule has 1 aliphatic heterocycles. The minimum Gasteiger partial charge on any atom is -0.491 e. The van der Waals surface area contributed by atoms with Crippen molar-refractivity contribution < 1.29 is 19.1 Å². The lowest BCUT2D eigenvalue weighted by molar-refractivity contribution is -0.135. The summed E-state index contributed by atoms with van der Waals surface area (Å²) in [6, 6.07) is 17.9. The number of fused-ring (bicyclic) bond motifs is 1. The van der Waals surface area contributed by atoms with Crippen LogP contribution in [0.3, 0.4) is 0 Å². The van der Waals surface area contributed by atoms with Gasteiger partial charge in [0, 0.05) is 35.8 Å². The number of nitrogens with zero attached hydrogens (tertiary/aromatic N) is 2. The average molecular weight is 514 g/mol. The molecule has 0 spiro atoms. The van der Waals surface area contributed by atoms with Crippen LogP contribution in [0.5, 0.6) is 5.75 Å². The first-order chi connectivity index (χ1) is 17.0. The number of nitrogens with one attached hydrogen (secondary N) is 1. The number of benzene rings is 2. The molecular formula is C26H28ClN3O4S. The van der Waals surface area contributed by atoms with E-state index in [0.29, 0.717) is 30.5 Å². The second-order valence-corrected chi connectivity index (χ2v) is 9.57. The molecule has 0 saturated heterocycles. The van der Waals surface area contributed by atoms with Crippen LogP contribution in [0.2, 0.25) is 5.02 Å². The van der Waals surface area contributed by atoms with Crippen LogP contribution in [0.25, 0.3) is 0 Å². The van der Waals surface area contributed by atoms with Crippen molar-refractivity contribution in [2.75, 3.05) is 45.3 Å². The first-order valence-corrected chi connectivity index (χ1v) is 12.6. The monoisotopic (exact) mass is 513 g/mol. The van der Waals surface area contributed by atoms with Gasteiger partial charge in [-0.25, -0.2) is 4.79 Å². The van der Waals surface area contributed by atoms with E-state index in [0.717, 1.165) is 17.7 Å². The van der Waals surface area contributed by atoms with Gasteiger partial charge in [0.2, 0.25) is 5.91 Å². The van der Waals surface area contributed by atoms with Crippen molar-refractivity contribution in [2.24, 2.45) is 0 Å². The Balaban J connectivity index is 1.48. The number of anilines is 1. The molecule has 7 nitrogen and oxygen atoms in total. The number of ether oxygens (including phenoxy) is 2. The second-order valence-electron chi connectivity index (χ2n) is 8.13. The third kappa shape index (κ3) is 6.54. The predicted octanol–water partition coefficient (Wildman–Crippen LogP) is 5.09. The zero-order valence-corrected chi connectivity index (χ0v) is 21.1. The standard InChI is InChI=1S/C26H28ClN3O4S/c1-33-14-13-29(26(32)28-20-7-5-6-19(27)16-20)17-25(31)30-12-10-24-22(11-15-35-24)23(30)18-34-21-8-3-2-4-9-21/h2-9,11,15-16,23H,10,12-14,17-18H2,1H3,(H,28,32)/t23-/m1/s1. The van der Waals surface area contributed by atoms with Gasteiger partial charge in [-0.3, -0.25) is 4.79 Å². The highest BCUT2D eigenvalue weighted by Crippen LogP contribution is 2.34. The van der Waals surface area contributed by atoms with E-state index in [1.807, 2.05) is 35.2 Å². The molecule has 1 aromatic heterocycles. The van der Waals surface area contributed by atoms with Crippen LogP contribution < -0.4 is 10.1 Å². The van der Waals surface area contributed by atoms with Gasteiger partial charge in [-0.2, -0.15) is 0 Å². The van der Waals surface area contributed by atoms with Gasteiger partial charge >= 0.3 is 6.03 Å². The molecule has 3 aromatic rings. The van der Waals surface area contributed by atoms with Gasteiger partial charge in [0.25, 0.3) is 0 Å². The molecule has 0 radical (unpaired) electrons. The van der Waals surface area contributed by atoms with Crippen LogP contribution in [-0.4, -0.2) is 61.7 Å². The topological polar surface area (TPSA) is 71.1 Å². The van der Waals surface area contributed by atoms with Crippen LogP contribution in [0.1, 0.15) is 16.5 Å². The Morgan fingerprint density at radius 2 is 2.00 bits per heavy atom. The predicted molar refractivity (Wildman–Crippen MR) is 138 cm³/mol. The van der Waals surface area contributed by atoms with E-state index in [-0.39, 0.29) is 31.1 Å². The molecule has 1 atom stereocenters. The normalized spacial score (nSPS) is 14.8. The zero-order chi connectivity index (χ0) is 24.6. The molecule has 35 heavy (non-hydrogen) atoms. The number of amides is 3. The average Bonchev–Trinajstić information content (AvgIpc) is 3.34. The summed E-state index contributed by atoms with van der Waals surface area (Å²) < 4.78 is 11.2. The third-order valence-electron chi connectivity index (χ3n) is 5.82. The fraction of sp³-hybridized carbons (Fsp3) is 0.308. The van der Waals surface area contributed by atoms with Crippen LogP contribution in [0, 0.1) is 0 Å². The van der Waals surface area contributed by atoms with Gasteiger partial charge in [0.1, 0.15) is 18.9 Å². The number of carbonyl (C=O) groups is 2. The molecule has 2 heterocycles. The number of rotatable bonds is 9. The fourth-order valence-electron chi connectivity index (χ4n) is 4.04. The molecule has 184 valence electrons. The number of methoxy groups -OCH3 is 1. The minimum atomic E-state index is -0.386. The van der Waals surface area contributed by atoms with Crippen molar-refractivity contribution in [1.29, 1.82) is 0 Å². The number of hydrogen-bond acceptors (Lipinski definition) is 5. The number of halogens is 1. The number of para-hydroxylation sites is 1. The maximum absolute atomic E-state index is 13.5. The third-order valence-corrected chi connectivity index (χ3v) is 7.05. The molecule has 0 fully saturated rings. The fourth-order valence-corrected chi connectivity index (χ4v) is 5.16. The highest BCUT2D eigenvalue weighted by Gasteiger charge is 2.33. The summed E-state index contributed by atoms with van der Waals surface area (Å²) in [5.41, 5.74) is 1.67. The maximum Gasteiger partial charge on any atom is 0.322 e. The Labute approximate surface area is 214 Å². The van der Waals surface area contributed by atoms with Crippen molar-refractivity contribution in [3.05, 3.63) is 81.5 Å². The molecule has 0 unspecified atom stereocenters. The van der Waals surface area contributed by atoms with Gasteiger partial charge in [0.15, 0.2) is 0 Å². The molecule has 4 rings (SSSR count). The quantitative estimate of drug-likeness (QED) is 0.433. The lowest BCUT2D eigenvalue weighted by Gasteiger charge is -2.37. The van der Waals surface area contributed by atoms with Gasteiger partial charge in [-0.15, -0.1) is 11.3 Å². The Kier molecular flexibility index (Phi) is 8.63. The first kappa shape index (κ1) is 25.0. The molecule has 1 N–H and O–H groups in total. The van der Waals surface area contributed by atoms with Crippen molar-refractivity contribution in [1.82, 2.24) is 9.80 Å². The Hall–Kier alpha value is -3.07. The van der Waals surface area contributed by atoms with Gasteiger partial charge in [0.05, 0.1) is 12.6 Å². The van der Waals surface area contributed by atoms with E-state index < -0.39 is 0 Å². The minimum absolute atomic E-state index is 0.0724. The summed E-state index contributed by atoms with van der Waals surface area (Å²) >= 11 is 7.74. The van der Waals surface area contributed by atoms with Crippen LogP contribution in [-0.2, 0) is 16.0 Å². The molecular weight excluding hydrogens is 486 g/mol. The van der Waals surface area contributed by atoms with Gasteiger partial charge < -0.3 is 24.6 Å². The van der Waals surface area contributed by atoms with Crippen LogP contribution >= 0.6 is 22.9 Å². The summed E-state index contributed by atoms with van der Waals surface area (Å²) in [5, 5.41) is 5.39. The molecule has 1 aliphatic rings. The highest BCUT2D eigenvalue weighted by molar-refractivity contribution is 7.10. The summed E-state index contributed by atoms with van der Waals surface area (Å²) in [4.78, 5) is 31.1. The van der Waals surface area contributed by atoms with Crippen LogP contribution in [0.15, 0.2) is 66.0 Å². The first-order valence-electron chi connectivity index (χ1n) is 11.4. The lowest BCUT2D eigenvalue weighted by Crippen LogP contribution is -2.49. The van der Waals surface area contributed by atoms with E-state index in [2.05, 4.69) is 16.8 Å². The van der Waals surface area contributed by atoms with Gasteiger partial charge in [-0.1, -0.05) is 35.9 Å². The van der Waals surface area contributed by atoms with Crippen molar-refractivity contribution in [2.45, 2.75) is 12.5 Å². The van der Waals surface area contributed by atoms with E-state index in [4.69, 9.17) is 21.1 Å². The summed E-state index contributed by atoms with van der Waals surface area (Å²) in [6.45, 7) is 1.43. The highest BCUT2D eigenvalue weighted by atomic mass is 35.5. The number of thiophene rings is 1. The summed E-state index contributed by atoms with van der Waals surface area (Å²) in [6.07, 6.45) is 0.785. The van der Waals surface area contributed by atoms with E-state index in [9.17, 15) is 9.59 Å². The van der Waals surface area contributed by atoms with Crippen molar-refractivity contribution in [3.63, 3.8) is 0 Å². The Bertz CT molecular complexity index is 1140. The SMILES string of the molecule is COCCN(CC(=O)N1CCc2sccc2[C@H]1COc1ccccc1)C(=O)Nc1cccc(Cl)c1. The van der Waals surface area contributed by atoms with Crippen molar-refractivity contribution >= 4 is 40.6 Å². The smallest absolute Gasteiger partial charge is 0.322 e. The molecule has 9 heteroatoms. The maximum atomic E-state index is 13.5. The van der Waals surface area contributed by atoms with E-state index >= 15 is 0 Å². The van der Waals surface area contributed by atoms with E-state index in [1.165, 1.54) is 9.78 Å². The van der Waals surface area contributed by atoms with E-state index in [1.54, 1.807) is 42.7 Å². The number of urea groups is 1. The molecule has 0 saturated carbocycles. The van der Waals surface area contributed by atoms with Crippen molar-refractivity contribution in [3.8, 4) is 5.75 Å². The second kappa shape index (κ2) is 12.1. The summed E-state index contributed by atoms with van der Waals surface area (Å²) in [5.74, 6) is 0.616. The van der Waals surface area contributed by atoms with Crippen LogP contribution in [0.4, 0.5) is 10.5 Å². The van der Waals surface area contributed by atoms with Gasteiger partial charge in [-0.05, 0) is 53.8 Å². The molecule has 0 aliphatic carbocycles. The zero-order valence-electron chi connectivity index (χ0n) is 19.5. The molecule has 3 amide bonds. The number of carbonyl (C=O) groups excluding carboxylic acids is 2. The number of hydrogen-bond donors (Lipinski definition) is 1. The summed E-state index contributed by atoms with van der Waals surface area (Å²) in [7, 11) is 1.56. The Morgan fingerprint density at radius 3 is 2.77 bits per heavy atom. The lowest BCUT2D eigenvalue weighted by atomic mass is 10.0. The largest absolute Gasteiger partial charge is 0.491 e. The molecule has 0 bridgehead atoms. The molecule has 2 aromatic carbocycles. The Morgan fingerprint density at radius 1 is 1.17 bits per heavy atom.